The zero-order chi connectivity index (χ0) is 18.3. The Balaban J connectivity index is 1.65. The fourth-order valence-electron chi connectivity index (χ4n) is 4.13. The summed E-state index contributed by atoms with van der Waals surface area (Å²) in [6, 6.07) is 5.77. The summed E-state index contributed by atoms with van der Waals surface area (Å²) in [6.45, 7) is 0.763. The van der Waals surface area contributed by atoms with E-state index in [1.807, 2.05) is 40.9 Å². The van der Waals surface area contributed by atoms with Gasteiger partial charge in [-0.25, -0.2) is 0 Å². The smallest absolute Gasteiger partial charge is 0.267 e. The first-order valence-electron chi connectivity index (χ1n) is 9.47. The number of amides is 2. The van der Waals surface area contributed by atoms with Crippen LogP contribution < -0.4 is 5.32 Å². The van der Waals surface area contributed by atoms with Crippen molar-refractivity contribution >= 4 is 11.8 Å². The molecule has 2 aromatic heterocycles. The van der Waals surface area contributed by atoms with Crippen molar-refractivity contribution in [1.29, 1.82) is 0 Å². The van der Waals surface area contributed by atoms with E-state index in [1.165, 1.54) is 0 Å². The van der Waals surface area contributed by atoms with E-state index in [9.17, 15) is 9.59 Å². The summed E-state index contributed by atoms with van der Waals surface area (Å²) in [7, 11) is 3.54. The number of nitrogens with zero attached hydrogens (tertiary/aromatic N) is 2. The quantitative estimate of drug-likeness (QED) is 0.886. The molecule has 6 heteroatoms. The van der Waals surface area contributed by atoms with Gasteiger partial charge in [0, 0.05) is 38.2 Å². The fraction of sp³-hybridized carbons (Fsp3) is 0.500. The van der Waals surface area contributed by atoms with Gasteiger partial charge in [0.05, 0.1) is 11.6 Å². The van der Waals surface area contributed by atoms with Crippen molar-refractivity contribution in [2.75, 3.05) is 13.6 Å². The molecule has 0 radical (unpaired) electrons. The third kappa shape index (κ3) is 2.83. The van der Waals surface area contributed by atoms with Gasteiger partial charge in [-0.05, 0) is 56.2 Å². The summed E-state index contributed by atoms with van der Waals surface area (Å²) in [5.41, 5.74) is 3.57. The molecule has 0 bridgehead atoms. The molecule has 1 saturated heterocycles. The zero-order valence-electron chi connectivity index (χ0n) is 15.4. The van der Waals surface area contributed by atoms with Crippen molar-refractivity contribution in [1.82, 2.24) is 19.8 Å². The highest BCUT2D eigenvalue weighted by molar-refractivity contribution is 5.96. The Hall–Kier alpha value is -2.50. The maximum Gasteiger partial charge on any atom is 0.267 e. The molecule has 1 aliphatic carbocycles. The second-order valence-electron chi connectivity index (χ2n) is 7.37. The van der Waals surface area contributed by atoms with Crippen molar-refractivity contribution < 1.29 is 9.59 Å². The van der Waals surface area contributed by atoms with Gasteiger partial charge in [0.1, 0.15) is 5.69 Å². The lowest BCUT2D eigenvalue weighted by atomic mass is 9.97. The van der Waals surface area contributed by atoms with Crippen LogP contribution in [0.1, 0.15) is 76.3 Å². The predicted molar refractivity (Wildman–Crippen MR) is 99.2 cm³/mol. The van der Waals surface area contributed by atoms with Crippen LogP contribution in [0.3, 0.4) is 0 Å². The van der Waals surface area contributed by atoms with Gasteiger partial charge in [-0.15, -0.1) is 0 Å². The molecule has 1 saturated carbocycles. The summed E-state index contributed by atoms with van der Waals surface area (Å²) in [5.74, 6) is 0.525. The molecule has 1 unspecified atom stereocenters. The second-order valence-corrected chi connectivity index (χ2v) is 7.37. The molecule has 2 amide bonds. The normalized spacial score (nSPS) is 20.2. The van der Waals surface area contributed by atoms with Gasteiger partial charge < -0.3 is 19.8 Å². The van der Waals surface area contributed by atoms with Gasteiger partial charge in [-0.1, -0.05) is 0 Å². The van der Waals surface area contributed by atoms with E-state index >= 15 is 0 Å². The molecule has 1 atom stereocenters. The van der Waals surface area contributed by atoms with Crippen molar-refractivity contribution in [2.24, 2.45) is 7.05 Å². The van der Waals surface area contributed by atoms with E-state index < -0.39 is 0 Å². The first-order chi connectivity index (χ1) is 12.6. The lowest BCUT2D eigenvalue weighted by Gasteiger charge is -2.36. The van der Waals surface area contributed by atoms with E-state index in [4.69, 9.17) is 0 Å². The van der Waals surface area contributed by atoms with Crippen molar-refractivity contribution in [2.45, 2.75) is 44.1 Å². The van der Waals surface area contributed by atoms with Crippen LogP contribution in [0.5, 0.6) is 0 Å². The minimum Gasteiger partial charge on any atom is -0.364 e. The Morgan fingerprint density at radius 1 is 1.15 bits per heavy atom. The summed E-state index contributed by atoms with van der Waals surface area (Å²) < 4.78 is 1.92. The molecule has 2 aromatic rings. The monoisotopic (exact) mass is 354 g/mol. The lowest BCUT2D eigenvalue weighted by molar-refractivity contribution is 0.0601. The molecule has 138 valence electrons. The van der Waals surface area contributed by atoms with Gasteiger partial charge in [0.2, 0.25) is 0 Å². The van der Waals surface area contributed by atoms with Crippen molar-refractivity contribution in [3.8, 4) is 0 Å². The number of nitrogens with one attached hydrogen (secondary N) is 2. The number of rotatable bonds is 4. The van der Waals surface area contributed by atoms with E-state index in [1.54, 1.807) is 7.05 Å². The maximum absolute atomic E-state index is 13.3. The number of H-pyrrole nitrogens is 1. The van der Waals surface area contributed by atoms with Crippen LogP contribution in [0.2, 0.25) is 0 Å². The number of piperidine rings is 1. The number of aromatic nitrogens is 2. The summed E-state index contributed by atoms with van der Waals surface area (Å²) in [5, 5.41) is 2.68. The number of carbonyl (C=O) groups excluding carboxylic acids is 2. The molecule has 0 spiro atoms. The number of hydrogen-bond acceptors (Lipinski definition) is 2. The second kappa shape index (κ2) is 6.67. The summed E-state index contributed by atoms with van der Waals surface area (Å²) >= 11 is 0. The third-order valence-electron chi connectivity index (χ3n) is 5.72. The Labute approximate surface area is 153 Å². The molecular formula is C20H26N4O2. The van der Waals surface area contributed by atoms with Crippen LogP contribution in [-0.4, -0.2) is 39.9 Å². The Bertz CT molecular complexity index is 831. The van der Waals surface area contributed by atoms with E-state index in [2.05, 4.69) is 10.3 Å². The van der Waals surface area contributed by atoms with Crippen LogP contribution in [0.15, 0.2) is 24.4 Å². The van der Waals surface area contributed by atoms with Crippen molar-refractivity contribution in [3.05, 3.63) is 47.0 Å². The van der Waals surface area contributed by atoms with Crippen LogP contribution >= 0.6 is 0 Å². The molecule has 2 N–H and O–H groups in total. The molecule has 6 nitrogen and oxygen atoms in total. The highest BCUT2D eigenvalue weighted by atomic mass is 16.2. The first-order valence-corrected chi connectivity index (χ1v) is 9.47. The van der Waals surface area contributed by atoms with Gasteiger partial charge >= 0.3 is 0 Å². The maximum atomic E-state index is 13.3. The van der Waals surface area contributed by atoms with E-state index in [0.717, 1.165) is 55.6 Å². The summed E-state index contributed by atoms with van der Waals surface area (Å²) in [6.07, 6.45) is 7.26. The molecule has 4 rings (SSSR count). The van der Waals surface area contributed by atoms with Crippen LogP contribution in [-0.2, 0) is 7.05 Å². The number of aromatic amines is 1. The van der Waals surface area contributed by atoms with Gasteiger partial charge in [-0.3, -0.25) is 9.59 Å². The minimum absolute atomic E-state index is 0.0154. The molecule has 2 aliphatic rings. The van der Waals surface area contributed by atoms with E-state index in [0.29, 0.717) is 11.6 Å². The zero-order valence-corrected chi connectivity index (χ0v) is 15.4. The summed E-state index contributed by atoms with van der Waals surface area (Å²) in [4.78, 5) is 30.6. The fourth-order valence-corrected chi connectivity index (χ4v) is 4.13. The van der Waals surface area contributed by atoms with Crippen LogP contribution in [0, 0.1) is 0 Å². The number of likely N-dealkylation sites (tertiary alicyclic amines) is 1. The van der Waals surface area contributed by atoms with Gasteiger partial charge in [0.25, 0.3) is 11.8 Å². The van der Waals surface area contributed by atoms with Crippen molar-refractivity contribution in [3.63, 3.8) is 0 Å². The van der Waals surface area contributed by atoms with Crippen LogP contribution in [0.25, 0.3) is 0 Å². The Morgan fingerprint density at radius 3 is 2.69 bits per heavy atom. The average Bonchev–Trinajstić information content (AvgIpc) is 3.27. The lowest BCUT2D eigenvalue weighted by Crippen LogP contribution is -2.39. The van der Waals surface area contributed by atoms with Crippen LogP contribution in [0.4, 0.5) is 0 Å². The molecule has 0 aromatic carbocycles. The highest BCUT2D eigenvalue weighted by Gasteiger charge is 2.35. The predicted octanol–water partition coefficient (Wildman–Crippen LogP) is 2.96. The largest absolute Gasteiger partial charge is 0.364 e. The molecule has 3 heterocycles. The minimum atomic E-state index is -0.103. The Morgan fingerprint density at radius 2 is 1.96 bits per heavy atom. The first kappa shape index (κ1) is 16.9. The Kier molecular flexibility index (Phi) is 4.34. The van der Waals surface area contributed by atoms with E-state index in [-0.39, 0.29) is 17.9 Å². The van der Waals surface area contributed by atoms with Gasteiger partial charge in [0.15, 0.2) is 0 Å². The third-order valence-corrected chi connectivity index (χ3v) is 5.72. The van der Waals surface area contributed by atoms with Gasteiger partial charge in [-0.2, -0.15) is 0 Å². The topological polar surface area (TPSA) is 70.1 Å². The molecule has 2 fully saturated rings. The SMILES string of the molecule is CNC(=O)c1ccc(C2CCCCN2C(=O)c2cc[nH]c2C2CC2)n1C. The molecular weight excluding hydrogens is 328 g/mol. The standard InChI is InChI=1S/C20H26N4O2/c1-21-19(25)17-9-8-15(23(17)2)16-5-3-4-12-24(16)20(26)14-10-11-22-18(14)13-6-7-13/h8-11,13,16,22H,3-7,12H2,1-2H3,(H,21,25). The molecule has 26 heavy (non-hydrogen) atoms. The number of hydrogen-bond donors (Lipinski definition) is 2. The highest BCUT2D eigenvalue weighted by Crippen LogP contribution is 2.42. The number of carbonyl (C=O) groups is 2. The average molecular weight is 354 g/mol. The molecule has 1 aliphatic heterocycles.